The summed E-state index contributed by atoms with van der Waals surface area (Å²) in [6, 6.07) is 7.55. The molecule has 6 nitrogen and oxygen atoms in total. The Kier molecular flexibility index (Phi) is 8.84. The normalized spacial score (nSPS) is 39.9. The van der Waals surface area contributed by atoms with Gasteiger partial charge in [0.05, 0.1) is 11.0 Å². The molecule has 1 aromatic rings. The number of hydrogen-bond acceptors (Lipinski definition) is 4. The molecular formula is C40H58N2O4S. The summed E-state index contributed by atoms with van der Waals surface area (Å²) in [7, 11) is -0.640. The molecule has 0 radical (unpaired) electrons. The van der Waals surface area contributed by atoms with Crippen molar-refractivity contribution in [2.75, 3.05) is 37.7 Å². The molecule has 258 valence electrons. The van der Waals surface area contributed by atoms with Gasteiger partial charge in [0.25, 0.3) is 0 Å². The molecule has 1 aliphatic heterocycles. The highest BCUT2D eigenvalue weighted by Crippen LogP contribution is 2.73. The van der Waals surface area contributed by atoms with Crippen molar-refractivity contribution in [3.63, 3.8) is 0 Å². The Morgan fingerprint density at radius 2 is 1.64 bits per heavy atom. The average molecular weight is 663 g/mol. The van der Waals surface area contributed by atoms with Crippen LogP contribution >= 0.6 is 0 Å². The van der Waals surface area contributed by atoms with Crippen LogP contribution in [0.1, 0.15) is 114 Å². The van der Waals surface area contributed by atoms with E-state index in [4.69, 9.17) is 0 Å². The molecule has 8 atom stereocenters. The smallest absolute Gasteiger partial charge is 0.335 e. The maximum Gasteiger partial charge on any atom is 0.335 e. The van der Waals surface area contributed by atoms with Gasteiger partial charge in [-0.05, 0) is 140 Å². The molecule has 47 heavy (non-hydrogen) atoms. The topological polar surface area (TPSA) is 86.7 Å². The van der Waals surface area contributed by atoms with Gasteiger partial charge in [-0.2, -0.15) is 0 Å². The summed E-state index contributed by atoms with van der Waals surface area (Å²) in [6.07, 6.45) is 15.4. The van der Waals surface area contributed by atoms with Crippen molar-refractivity contribution in [1.29, 1.82) is 0 Å². The Morgan fingerprint density at radius 3 is 2.36 bits per heavy atom. The van der Waals surface area contributed by atoms with E-state index in [1.165, 1.54) is 56.1 Å². The number of benzene rings is 1. The van der Waals surface area contributed by atoms with E-state index < -0.39 is 16.8 Å². The summed E-state index contributed by atoms with van der Waals surface area (Å²) < 4.78 is 11.7. The maximum absolute atomic E-state index is 14.0. The zero-order valence-corrected chi connectivity index (χ0v) is 30.1. The van der Waals surface area contributed by atoms with Gasteiger partial charge >= 0.3 is 5.97 Å². The predicted molar refractivity (Wildman–Crippen MR) is 189 cm³/mol. The highest BCUT2D eigenvalue weighted by atomic mass is 32.2. The van der Waals surface area contributed by atoms with Gasteiger partial charge in [0.2, 0.25) is 5.91 Å². The minimum atomic E-state index is -0.870. The van der Waals surface area contributed by atoms with Crippen molar-refractivity contribution < 1.29 is 18.9 Å². The molecule has 2 N–H and O–H groups in total. The van der Waals surface area contributed by atoms with Crippen LogP contribution < -0.4 is 5.32 Å². The van der Waals surface area contributed by atoms with E-state index >= 15 is 0 Å². The van der Waals surface area contributed by atoms with Crippen LogP contribution in [0.2, 0.25) is 0 Å². The first-order valence-electron chi connectivity index (χ1n) is 18.8. The number of rotatable bonds is 7. The molecule has 4 saturated carbocycles. The number of carboxylic acids is 1. The van der Waals surface area contributed by atoms with E-state index in [2.05, 4.69) is 44.0 Å². The second-order valence-corrected chi connectivity index (χ2v) is 19.1. The van der Waals surface area contributed by atoms with Crippen molar-refractivity contribution >= 4 is 28.2 Å². The lowest BCUT2D eigenvalue weighted by Crippen LogP contribution is -2.62. The summed E-state index contributed by atoms with van der Waals surface area (Å²) >= 11 is 0. The Hall–Kier alpha value is -1.99. The van der Waals surface area contributed by atoms with E-state index in [0.29, 0.717) is 46.5 Å². The molecular weight excluding hydrogens is 605 g/mol. The van der Waals surface area contributed by atoms with E-state index in [1.54, 1.807) is 12.1 Å². The lowest BCUT2D eigenvalue weighted by Gasteiger charge is -2.68. The molecule has 1 aromatic carbocycles. The van der Waals surface area contributed by atoms with Gasteiger partial charge in [-0.15, -0.1) is 0 Å². The number of carbonyl (C=O) groups excluding carboxylic acids is 1. The largest absolute Gasteiger partial charge is 0.478 e. The minimum Gasteiger partial charge on any atom is -0.478 e. The van der Waals surface area contributed by atoms with E-state index in [0.717, 1.165) is 63.4 Å². The van der Waals surface area contributed by atoms with Crippen LogP contribution in [0.25, 0.3) is 5.57 Å². The number of nitrogens with zero attached hydrogens (tertiary/aromatic N) is 1. The van der Waals surface area contributed by atoms with Gasteiger partial charge in [-0.3, -0.25) is 9.00 Å². The standard InChI is InChI=1S/C40H58N2O4S/c1-37(2)30(27-8-10-28(11-9-27)35(43)44)14-18-39(4)33(37)16-19-38(3)31-15-20-40(17-5-7-32(40)29(31)12-13-34(38)39)36(45)41-21-6-22-42-23-25-47(46)26-24-42/h8-11,14,29,31-34H,5-7,12-13,15-26H2,1-4H3,(H,41,45)(H,43,44)/t29-,31?,32?,33?,34?,38-,39-,40-/m0/s1. The zero-order valence-electron chi connectivity index (χ0n) is 29.3. The first kappa shape index (κ1) is 33.5. The summed E-state index contributed by atoms with van der Waals surface area (Å²) in [6.45, 7) is 13.8. The average Bonchev–Trinajstić information content (AvgIpc) is 3.50. The number of allylic oxidation sites excluding steroid dienone is 2. The zero-order chi connectivity index (χ0) is 33.2. The van der Waals surface area contributed by atoms with Crippen LogP contribution in [-0.2, 0) is 15.6 Å². The fourth-order valence-corrected chi connectivity index (χ4v) is 14.2. The number of carbonyl (C=O) groups is 2. The summed E-state index contributed by atoms with van der Waals surface area (Å²) in [5, 5.41) is 12.9. The Labute approximate surface area is 285 Å². The Morgan fingerprint density at radius 1 is 0.894 bits per heavy atom. The fraction of sp³-hybridized carbons (Fsp3) is 0.750. The monoisotopic (exact) mass is 662 g/mol. The number of nitrogens with one attached hydrogen (secondary N) is 1. The van der Waals surface area contributed by atoms with Gasteiger partial charge in [-0.1, -0.05) is 52.3 Å². The quantitative estimate of drug-likeness (QED) is 0.297. The van der Waals surface area contributed by atoms with E-state index in [1.807, 2.05) is 12.1 Å². The number of hydrogen-bond donors (Lipinski definition) is 2. The second kappa shape index (κ2) is 12.4. The number of aromatic carboxylic acids is 1. The highest BCUT2D eigenvalue weighted by Gasteiger charge is 2.66. The minimum absolute atomic E-state index is 0.0218. The van der Waals surface area contributed by atoms with Gasteiger partial charge in [0, 0.05) is 41.9 Å². The summed E-state index contributed by atoms with van der Waals surface area (Å²) in [4.78, 5) is 27.9. The van der Waals surface area contributed by atoms with E-state index in [-0.39, 0.29) is 16.2 Å². The molecule has 6 aliphatic rings. The van der Waals surface area contributed by atoms with E-state index in [9.17, 15) is 18.9 Å². The van der Waals surface area contributed by atoms with Crippen molar-refractivity contribution in [3.05, 3.63) is 41.5 Å². The van der Waals surface area contributed by atoms with Crippen LogP contribution in [-0.4, -0.2) is 63.8 Å². The van der Waals surface area contributed by atoms with Crippen molar-refractivity contribution in [2.45, 2.75) is 98.3 Å². The van der Waals surface area contributed by atoms with Gasteiger partial charge < -0.3 is 15.3 Å². The maximum atomic E-state index is 14.0. The molecule has 0 bridgehead atoms. The third-order valence-electron chi connectivity index (χ3n) is 15.2. The number of fused-ring (bicyclic) bond motifs is 7. The lowest BCUT2D eigenvalue weighted by molar-refractivity contribution is -0.181. The molecule has 5 fully saturated rings. The fourth-order valence-electron chi connectivity index (χ4n) is 13.1. The molecule has 4 unspecified atom stereocenters. The molecule has 1 heterocycles. The van der Waals surface area contributed by atoms with Gasteiger partial charge in [-0.25, -0.2) is 4.79 Å². The van der Waals surface area contributed by atoms with Crippen LogP contribution in [0.5, 0.6) is 0 Å². The highest BCUT2D eigenvalue weighted by molar-refractivity contribution is 7.85. The predicted octanol–water partition coefficient (Wildman–Crippen LogP) is 7.41. The second-order valence-electron chi connectivity index (χ2n) is 17.4. The molecule has 1 amide bonds. The SMILES string of the molecule is CC1(C)C(c2ccc(C(=O)O)cc2)=CC[C@@]2(C)C1CC[C@@]1(C)C3CC[C@@]4(C(=O)NCCCN5CCS(=O)CC5)CCCC4[C@H]3CCC12. The summed E-state index contributed by atoms with van der Waals surface area (Å²) in [5.41, 5.74) is 3.34. The van der Waals surface area contributed by atoms with Crippen molar-refractivity contribution in [3.8, 4) is 0 Å². The van der Waals surface area contributed by atoms with Crippen molar-refractivity contribution in [2.24, 2.45) is 51.2 Å². The summed E-state index contributed by atoms with van der Waals surface area (Å²) in [5.74, 6) is 4.26. The Bertz CT molecular complexity index is 1430. The van der Waals surface area contributed by atoms with Gasteiger partial charge in [0.1, 0.15) is 0 Å². The lowest BCUT2D eigenvalue weighted by atomic mass is 9.36. The Balaban J connectivity index is 1.05. The molecule has 0 aromatic heterocycles. The third kappa shape index (κ3) is 5.48. The molecule has 7 rings (SSSR count). The molecule has 5 aliphatic carbocycles. The van der Waals surface area contributed by atoms with Gasteiger partial charge in [0.15, 0.2) is 0 Å². The van der Waals surface area contributed by atoms with Crippen LogP contribution in [0, 0.1) is 51.2 Å². The first-order chi connectivity index (χ1) is 22.4. The van der Waals surface area contributed by atoms with Crippen LogP contribution in [0.15, 0.2) is 30.3 Å². The molecule has 0 spiro atoms. The van der Waals surface area contributed by atoms with Crippen molar-refractivity contribution in [1.82, 2.24) is 10.2 Å². The third-order valence-corrected chi connectivity index (χ3v) is 16.5. The molecule has 7 heteroatoms. The first-order valence-corrected chi connectivity index (χ1v) is 20.3. The number of carboxylic acid groups (broad SMARTS) is 1. The van der Waals surface area contributed by atoms with Crippen LogP contribution in [0.3, 0.4) is 0 Å². The molecule has 1 saturated heterocycles. The number of amides is 1. The van der Waals surface area contributed by atoms with Crippen LogP contribution in [0.4, 0.5) is 0 Å².